The fraction of sp³-hybridized carbons (Fsp3) is 0.692. The van der Waals surface area contributed by atoms with Crippen LogP contribution < -0.4 is 5.32 Å². The van der Waals surface area contributed by atoms with Crippen molar-refractivity contribution in [3.05, 3.63) is 22.7 Å². The molecule has 2 rings (SSSR count). The Morgan fingerprint density at radius 1 is 1.50 bits per heavy atom. The predicted octanol–water partition coefficient (Wildman–Crippen LogP) is 2.01. The molecule has 4 nitrogen and oxygen atoms in total. The van der Waals surface area contributed by atoms with E-state index in [1.807, 2.05) is 6.92 Å². The molecule has 1 atom stereocenters. The topological polar surface area (TPSA) is 41.1 Å². The average Bonchev–Trinajstić information content (AvgIpc) is 2.80. The monoisotopic (exact) mass is 268 g/mol. The number of nitrogens with one attached hydrogen (secondary N) is 1. The van der Waals surface area contributed by atoms with Gasteiger partial charge in [-0.3, -0.25) is 4.90 Å². The van der Waals surface area contributed by atoms with E-state index in [1.54, 1.807) is 6.07 Å². The van der Waals surface area contributed by atoms with Crippen LogP contribution in [0.25, 0.3) is 0 Å². The van der Waals surface area contributed by atoms with Gasteiger partial charge in [0.2, 0.25) is 0 Å². The summed E-state index contributed by atoms with van der Waals surface area (Å²) in [5.74, 6) is 0.834. The van der Waals surface area contributed by atoms with Gasteiger partial charge in [0.15, 0.2) is 0 Å². The van der Waals surface area contributed by atoms with E-state index in [4.69, 9.17) is 11.6 Å². The molecule has 1 aliphatic heterocycles. The Hall–Kier alpha value is -0.710. The number of aryl methyl sites for hydroxylation is 1. The maximum absolute atomic E-state index is 5.99. The summed E-state index contributed by atoms with van der Waals surface area (Å²) in [7, 11) is 0. The summed E-state index contributed by atoms with van der Waals surface area (Å²) in [6.45, 7) is 8.22. The van der Waals surface area contributed by atoms with Crippen LogP contribution in [0.15, 0.2) is 6.07 Å². The maximum atomic E-state index is 5.99. The SMILES string of the molecule is CCCN(Cc1nc(C)cc(Cl)n1)C1CCNC1. The van der Waals surface area contributed by atoms with Gasteiger partial charge in [-0.2, -0.15) is 0 Å². The van der Waals surface area contributed by atoms with Gasteiger partial charge in [-0.1, -0.05) is 18.5 Å². The molecular formula is C13H21ClN4. The van der Waals surface area contributed by atoms with Crippen molar-refractivity contribution in [2.45, 2.75) is 39.3 Å². The first kappa shape index (κ1) is 13.7. The summed E-state index contributed by atoms with van der Waals surface area (Å²) in [5, 5.41) is 3.95. The minimum Gasteiger partial charge on any atom is -0.315 e. The molecule has 1 aromatic rings. The largest absolute Gasteiger partial charge is 0.315 e. The Morgan fingerprint density at radius 2 is 2.33 bits per heavy atom. The van der Waals surface area contributed by atoms with Crippen LogP contribution in [0.3, 0.4) is 0 Å². The van der Waals surface area contributed by atoms with Gasteiger partial charge < -0.3 is 5.32 Å². The molecule has 18 heavy (non-hydrogen) atoms. The van der Waals surface area contributed by atoms with Crippen LogP contribution in [0.4, 0.5) is 0 Å². The predicted molar refractivity (Wildman–Crippen MR) is 73.8 cm³/mol. The normalized spacial score (nSPS) is 19.7. The van der Waals surface area contributed by atoms with Gasteiger partial charge in [-0.25, -0.2) is 9.97 Å². The van der Waals surface area contributed by atoms with E-state index in [0.717, 1.165) is 44.1 Å². The highest BCUT2D eigenvalue weighted by Gasteiger charge is 2.22. The second kappa shape index (κ2) is 6.45. The van der Waals surface area contributed by atoms with Gasteiger partial charge in [0.1, 0.15) is 11.0 Å². The zero-order valence-electron chi connectivity index (χ0n) is 11.1. The Kier molecular flexibility index (Phi) is 4.92. The van der Waals surface area contributed by atoms with E-state index < -0.39 is 0 Å². The van der Waals surface area contributed by atoms with Crippen LogP contribution in [-0.4, -0.2) is 40.5 Å². The molecule has 0 bridgehead atoms. The Bertz CT molecular complexity index is 370. The van der Waals surface area contributed by atoms with Crippen LogP contribution in [0.2, 0.25) is 5.15 Å². The minimum atomic E-state index is 0.540. The molecule has 0 radical (unpaired) electrons. The first-order valence-corrected chi connectivity index (χ1v) is 7.01. The minimum absolute atomic E-state index is 0.540. The molecule has 0 aliphatic carbocycles. The Morgan fingerprint density at radius 3 is 2.94 bits per heavy atom. The molecule has 1 aliphatic rings. The van der Waals surface area contributed by atoms with Crippen LogP contribution in [0, 0.1) is 6.92 Å². The summed E-state index contributed by atoms with van der Waals surface area (Å²) >= 11 is 5.99. The van der Waals surface area contributed by atoms with Gasteiger partial charge in [0.25, 0.3) is 0 Å². The third kappa shape index (κ3) is 3.64. The van der Waals surface area contributed by atoms with Crippen LogP contribution in [0.1, 0.15) is 31.3 Å². The van der Waals surface area contributed by atoms with Crippen molar-refractivity contribution >= 4 is 11.6 Å². The number of halogens is 1. The molecule has 1 unspecified atom stereocenters. The maximum Gasteiger partial charge on any atom is 0.144 e. The molecule has 1 aromatic heterocycles. The second-order valence-corrected chi connectivity index (χ2v) is 5.25. The van der Waals surface area contributed by atoms with Crippen LogP contribution in [-0.2, 0) is 6.54 Å². The fourth-order valence-electron chi connectivity index (χ4n) is 2.47. The molecule has 0 amide bonds. The summed E-state index contributed by atoms with van der Waals surface area (Å²) in [4.78, 5) is 11.3. The first-order valence-electron chi connectivity index (χ1n) is 6.64. The summed E-state index contributed by atoms with van der Waals surface area (Å²) in [5.41, 5.74) is 0.936. The lowest BCUT2D eigenvalue weighted by atomic mass is 10.2. The molecule has 0 spiro atoms. The molecule has 2 heterocycles. The Labute approximate surface area is 114 Å². The lowest BCUT2D eigenvalue weighted by Crippen LogP contribution is -2.37. The van der Waals surface area contributed by atoms with Crippen molar-refractivity contribution in [3.63, 3.8) is 0 Å². The van der Waals surface area contributed by atoms with Crippen LogP contribution in [0.5, 0.6) is 0 Å². The van der Waals surface area contributed by atoms with Crippen molar-refractivity contribution in [2.24, 2.45) is 0 Å². The molecule has 5 heteroatoms. The number of rotatable bonds is 5. The van der Waals surface area contributed by atoms with E-state index in [1.165, 1.54) is 6.42 Å². The van der Waals surface area contributed by atoms with Crippen molar-refractivity contribution < 1.29 is 0 Å². The summed E-state index contributed by atoms with van der Waals surface area (Å²) < 4.78 is 0. The first-order chi connectivity index (χ1) is 8.69. The van der Waals surface area contributed by atoms with Gasteiger partial charge >= 0.3 is 0 Å². The summed E-state index contributed by atoms with van der Waals surface area (Å²) in [6.07, 6.45) is 2.36. The Balaban J connectivity index is 2.07. The highest BCUT2D eigenvalue weighted by atomic mass is 35.5. The van der Waals surface area contributed by atoms with E-state index in [2.05, 4.69) is 27.1 Å². The van der Waals surface area contributed by atoms with Crippen molar-refractivity contribution in [2.75, 3.05) is 19.6 Å². The second-order valence-electron chi connectivity index (χ2n) is 4.87. The standard InChI is InChI=1S/C13H21ClN4/c1-3-6-18(11-4-5-15-8-11)9-13-16-10(2)7-12(14)17-13/h7,11,15H,3-6,8-9H2,1-2H3. The highest BCUT2D eigenvalue weighted by molar-refractivity contribution is 6.29. The number of hydrogen-bond acceptors (Lipinski definition) is 4. The molecule has 100 valence electrons. The smallest absolute Gasteiger partial charge is 0.144 e. The van der Waals surface area contributed by atoms with Gasteiger partial charge in [-0.15, -0.1) is 0 Å². The molecular weight excluding hydrogens is 248 g/mol. The molecule has 0 aromatic carbocycles. The van der Waals surface area contributed by atoms with Crippen molar-refractivity contribution in [1.82, 2.24) is 20.2 Å². The van der Waals surface area contributed by atoms with Crippen LogP contribution >= 0.6 is 11.6 Å². The molecule has 1 fully saturated rings. The zero-order chi connectivity index (χ0) is 13.0. The van der Waals surface area contributed by atoms with E-state index in [9.17, 15) is 0 Å². The number of hydrogen-bond donors (Lipinski definition) is 1. The zero-order valence-corrected chi connectivity index (χ0v) is 11.9. The van der Waals surface area contributed by atoms with Gasteiger partial charge in [0.05, 0.1) is 6.54 Å². The van der Waals surface area contributed by atoms with Gasteiger partial charge in [-0.05, 0) is 38.9 Å². The van der Waals surface area contributed by atoms with E-state index in [0.29, 0.717) is 11.2 Å². The number of aromatic nitrogens is 2. The fourth-order valence-corrected chi connectivity index (χ4v) is 2.73. The number of nitrogens with zero attached hydrogens (tertiary/aromatic N) is 3. The third-order valence-corrected chi connectivity index (χ3v) is 3.47. The highest BCUT2D eigenvalue weighted by Crippen LogP contribution is 2.14. The molecule has 1 N–H and O–H groups in total. The lowest BCUT2D eigenvalue weighted by Gasteiger charge is -2.27. The van der Waals surface area contributed by atoms with E-state index in [-0.39, 0.29) is 0 Å². The third-order valence-electron chi connectivity index (χ3n) is 3.28. The van der Waals surface area contributed by atoms with Crippen molar-refractivity contribution in [3.8, 4) is 0 Å². The molecule has 1 saturated heterocycles. The summed E-state index contributed by atoms with van der Waals surface area (Å²) in [6, 6.07) is 2.40. The average molecular weight is 269 g/mol. The quantitative estimate of drug-likeness (QED) is 0.830. The van der Waals surface area contributed by atoms with Gasteiger partial charge in [0, 0.05) is 18.3 Å². The van der Waals surface area contributed by atoms with E-state index >= 15 is 0 Å². The lowest BCUT2D eigenvalue weighted by molar-refractivity contribution is 0.194. The van der Waals surface area contributed by atoms with Crippen molar-refractivity contribution in [1.29, 1.82) is 0 Å². The molecule has 0 saturated carbocycles.